The zero-order valence-corrected chi connectivity index (χ0v) is 8.76. The minimum atomic E-state index is -0.942. The van der Waals surface area contributed by atoms with E-state index in [1.807, 2.05) is 0 Å². The number of thioether (sulfide) groups is 1. The molecule has 1 aromatic rings. The van der Waals surface area contributed by atoms with Gasteiger partial charge < -0.3 is 5.11 Å². The third-order valence-corrected chi connectivity index (χ3v) is 2.45. The Morgan fingerprint density at radius 1 is 1.71 bits per heavy atom. The summed E-state index contributed by atoms with van der Waals surface area (Å²) in [6.45, 7) is 0. The number of carbonyl (C=O) groups is 1. The predicted molar refractivity (Wildman–Crippen MR) is 56.9 cm³/mol. The van der Waals surface area contributed by atoms with Crippen molar-refractivity contribution < 1.29 is 9.90 Å². The number of carboxylic acid groups (broad SMARTS) is 1. The summed E-state index contributed by atoms with van der Waals surface area (Å²) < 4.78 is 0. The molecule has 0 fully saturated rings. The monoisotopic (exact) mass is 229 g/mol. The first kappa shape index (κ1) is 11.1. The molecule has 0 unspecified atom stereocenters. The van der Waals surface area contributed by atoms with Gasteiger partial charge in [0.25, 0.3) is 0 Å². The van der Waals surface area contributed by atoms with Gasteiger partial charge in [-0.25, -0.2) is 9.78 Å². The van der Waals surface area contributed by atoms with Crippen molar-refractivity contribution in [1.82, 2.24) is 4.98 Å². The molecule has 0 amide bonds. The fourth-order valence-electron chi connectivity index (χ4n) is 0.791. The number of aromatic carboxylic acids is 1. The van der Waals surface area contributed by atoms with Crippen LogP contribution in [0.25, 0.3) is 0 Å². The molecule has 5 heteroatoms. The summed E-state index contributed by atoms with van der Waals surface area (Å²) in [5.74, 6) is -0.262. The molecule has 1 heterocycles. The Bertz CT molecular complexity index is 354. The second-order valence-electron chi connectivity index (χ2n) is 2.36. The summed E-state index contributed by atoms with van der Waals surface area (Å²) in [4.78, 5) is 14.6. The quantitative estimate of drug-likeness (QED) is 0.807. The lowest BCUT2D eigenvalue weighted by Crippen LogP contribution is -1.96. The van der Waals surface area contributed by atoms with Crippen LogP contribution in [0.15, 0.2) is 35.0 Å². The van der Waals surface area contributed by atoms with Crippen molar-refractivity contribution in [2.75, 3.05) is 5.75 Å². The van der Waals surface area contributed by atoms with Gasteiger partial charge in [0.15, 0.2) is 0 Å². The summed E-state index contributed by atoms with van der Waals surface area (Å²) in [6, 6.07) is 3.00. The molecule has 0 aliphatic rings. The van der Waals surface area contributed by atoms with E-state index in [0.29, 0.717) is 10.8 Å². The Morgan fingerprint density at radius 3 is 3.14 bits per heavy atom. The molecule has 0 aliphatic heterocycles. The van der Waals surface area contributed by atoms with Crippen LogP contribution >= 0.6 is 23.4 Å². The molecular formula is C9H8ClNO2S. The molecule has 0 atom stereocenters. The average Bonchev–Trinajstić information content (AvgIpc) is 2.19. The first-order valence-electron chi connectivity index (χ1n) is 3.81. The molecule has 0 radical (unpaired) electrons. The lowest BCUT2D eigenvalue weighted by Gasteiger charge is -1.98. The van der Waals surface area contributed by atoms with Gasteiger partial charge in [0.1, 0.15) is 0 Å². The van der Waals surface area contributed by atoms with Crippen LogP contribution in [0.4, 0.5) is 0 Å². The van der Waals surface area contributed by atoms with Crippen LogP contribution in [0.1, 0.15) is 10.4 Å². The van der Waals surface area contributed by atoms with E-state index >= 15 is 0 Å². The number of halogens is 1. The zero-order valence-electron chi connectivity index (χ0n) is 7.18. The highest BCUT2D eigenvalue weighted by molar-refractivity contribution is 7.99. The lowest BCUT2D eigenvalue weighted by molar-refractivity contribution is 0.0696. The van der Waals surface area contributed by atoms with Gasteiger partial charge >= 0.3 is 5.97 Å². The molecule has 74 valence electrons. The largest absolute Gasteiger partial charge is 0.478 e. The number of carboxylic acids is 1. The maximum Gasteiger partial charge on any atom is 0.335 e. The van der Waals surface area contributed by atoms with Gasteiger partial charge in [0.2, 0.25) is 0 Å². The van der Waals surface area contributed by atoms with Crippen LogP contribution in [0.3, 0.4) is 0 Å². The highest BCUT2D eigenvalue weighted by Crippen LogP contribution is 2.16. The number of hydrogen-bond acceptors (Lipinski definition) is 3. The molecule has 0 aromatic carbocycles. The second-order valence-corrected chi connectivity index (χ2v) is 3.65. The first-order valence-corrected chi connectivity index (χ1v) is 5.23. The summed E-state index contributed by atoms with van der Waals surface area (Å²) in [6.07, 6.45) is 3.25. The predicted octanol–water partition coefficient (Wildman–Crippen LogP) is 2.62. The smallest absolute Gasteiger partial charge is 0.335 e. The zero-order chi connectivity index (χ0) is 10.4. The van der Waals surface area contributed by atoms with E-state index in [0.717, 1.165) is 0 Å². The number of nitrogens with zero attached hydrogens (tertiary/aromatic N) is 1. The van der Waals surface area contributed by atoms with Gasteiger partial charge in [-0.05, 0) is 12.1 Å². The van der Waals surface area contributed by atoms with E-state index in [9.17, 15) is 4.79 Å². The van der Waals surface area contributed by atoms with Gasteiger partial charge in [-0.15, -0.1) is 11.8 Å². The van der Waals surface area contributed by atoms with Crippen LogP contribution in [0.2, 0.25) is 0 Å². The van der Waals surface area contributed by atoms with Gasteiger partial charge in [-0.3, -0.25) is 0 Å². The Kier molecular flexibility index (Phi) is 4.49. The SMILES string of the molecule is O=C(O)c1ccnc(SCC=CCl)c1. The maximum atomic E-state index is 10.6. The van der Waals surface area contributed by atoms with Crippen LogP contribution in [0.5, 0.6) is 0 Å². The lowest BCUT2D eigenvalue weighted by atomic mass is 10.3. The second kappa shape index (κ2) is 5.67. The molecular weight excluding hydrogens is 222 g/mol. The molecule has 0 saturated carbocycles. The topological polar surface area (TPSA) is 50.2 Å². The van der Waals surface area contributed by atoms with Crippen LogP contribution < -0.4 is 0 Å². The molecule has 1 aromatic heterocycles. The summed E-state index contributed by atoms with van der Waals surface area (Å²) in [5.41, 5.74) is 1.67. The molecule has 0 spiro atoms. The van der Waals surface area contributed by atoms with Gasteiger partial charge in [-0.1, -0.05) is 17.7 Å². The highest BCUT2D eigenvalue weighted by Gasteiger charge is 2.03. The molecule has 1 N–H and O–H groups in total. The summed E-state index contributed by atoms with van der Waals surface area (Å²) in [5, 5.41) is 9.39. The third kappa shape index (κ3) is 3.40. The molecule has 0 saturated heterocycles. The van der Waals surface area contributed by atoms with E-state index in [2.05, 4.69) is 4.98 Å². The van der Waals surface area contributed by atoms with Gasteiger partial charge in [-0.2, -0.15) is 0 Å². The normalized spacial score (nSPS) is 10.6. The van der Waals surface area contributed by atoms with Crippen molar-refractivity contribution in [2.45, 2.75) is 5.03 Å². The number of pyridine rings is 1. The minimum Gasteiger partial charge on any atom is -0.478 e. The third-order valence-electron chi connectivity index (χ3n) is 1.40. The van der Waals surface area contributed by atoms with Crippen molar-refractivity contribution in [3.8, 4) is 0 Å². The molecule has 14 heavy (non-hydrogen) atoms. The van der Waals surface area contributed by atoms with Crippen molar-refractivity contribution >= 4 is 29.3 Å². The Morgan fingerprint density at radius 2 is 2.50 bits per heavy atom. The summed E-state index contributed by atoms with van der Waals surface area (Å²) >= 11 is 6.77. The van der Waals surface area contributed by atoms with E-state index < -0.39 is 5.97 Å². The van der Waals surface area contributed by atoms with Crippen molar-refractivity contribution in [3.05, 3.63) is 35.5 Å². The fourth-order valence-corrected chi connectivity index (χ4v) is 1.69. The number of rotatable bonds is 4. The minimum absolute atomic E-state index is 0.248. The Hall–Kier alpha value is -1.00. The maximum absolute atomic E-state index is 10.6. The standard InChI is InChI=1S/C9H8ClNO2S/c10-3-1-5-14-8-6-7(9(12)13)2-4-11-8/h1-4,6H,5H2,(H,12,13). The van der Waals surface area contributed by atoms with Crippen molar-refractivity contribution in [1.29, 1.82) is 0 Å². The molecule has 1 rings (SSSR count). The van der Waals surface area contributed by atoms with Crippen LogP contribution in [0, 0.1) is 0 Å². The van der Waals surface area contributed by atoms with Crippen LogP contribution in [-0.2, 0) is 0 Å². The average molecular weight is 230 g/mol. The molecule has 3 nitrogen and oxygen atoms in total. The molecule has 0 bridgehead atoms. The van der Waals surface area contributed by atoms with E-state index in [1.165, 1.54) is 35.6 Å². The fraction of sp³-hybridized carbons (Fsp3) is 0.111. The van der Waals surface area contributed by atoms with Gasteiger partial charge in [0.05, 0.1) is 10.6 Å². The first-order chi connectivity index (χ1) is 6.74. The highest BCUT2D eigenvalue weighted by atomic mass is 35.5. The number of hydrogen-bond donors (Lipinski definition) is 1. The number of aromatic nitrogens is 1. The van der Waals surface area contributed by atoms with Gasteiger partial charge in [0, 0.05) is 17.5 Å². The van der Waals surface area contributed by atoms with Crippen LogP contribution in [-0.4, -0.2) is 21.8 Å². The van der Waals surface area contributed by atoms with E-state index in [4.69, 9.17) is 16.7 Å². The summed E-state index contributed by atoms with van der Waals surface area (Å²) in [7, 11) is 0. The van der Waals surface area contributed by atoms with Crippen molar-refractivity contribution in [2.24, 2.45) is 0 Å². The van der Waals surface area contributed by atoms with E-state index in [-0.39, 0.29) is 5.56 Å². The Balaban J connectivity index is 2.68. The Labute approximate surface area is 90.8 Å². The van der Waals surface area contributed by atoms with Crippen molar-refractivity contribution in [3.63, 3.8) is 0 Å². The molecule has 0 aliphatic carbocycles. The van der Waals surface area contributed by atoms with E-state index in [1.54, 1.807) is 6.08 Å².